The Bertz CT molecular complexity index is 784. The summed E-state index contributed by atoms with van der Waals surface area (Å²) in [6.45, 7) is 2.70. The Balaban J connectivity index is 1.93. The average molecular weight is 352 g/mol. The summed E-state index contributed by atoms with van der Waals surface area (Å²) in [4.78, 5) is 14.5. The van der Waals surface area contributed by atoms with Crippen molar-refractivity contribution in [2.45, 2.75) is 32.0 Å². The van der Waals surface area contributed by atoms with Gasteiger partial charge in [0, 0.05) is 19.1 Å². The molecule has 1 fully saturated rings. The molecule has 0 spiro atoms. The van der Waals surface area contributed by atoms with Crippen LogP contribution in [0, 0.1) is 6.92 Å². The number of benzene rings is 1. The third kappa shape index (κ3) is 3.26. The molecule has 1 saturated heterocycles. The van der Waals surface area contributed by atoms with Gasteiger partial charge in [-0.15, -0.1) is 0 Å². The predicted molar refractivity (Wildman–Crippen MR) is 86.4 cm³/mol. The molecular weight excluding hydrogens is 333 g/mol. The van der Waals surface area contributed by atoms with E-state index in [2.05, 4.69) is 5.10 Å². The summed E-state index contributed by atoms with van der Waals surface area (Å²) in [7, 11) is 0. The molecule has 1 aromatic heterocycles. The summed E-state index contributed by atoms with van der Waals surface area (Å²) < 4.78 is 40.1. The highest BCUT2D eigenvalue weighted by atomic mass is 19.4. The standard InChI is InChI=1S/C17H19F3N4O/c1-11-15(16(25)23-7-3-6-14(23)9-21)10-22-24(11)13-5-2-4-12(8-13)17(18,19)20/h2,4-5,8,10,14H,3,6-7,9,21H2,1H3. The van der Waals surface area contributed by atoms with E-state index in [1.807, 2.05) is 0 Å². The quantitative estimate of drug-likeness (QED) is 0.924. The number of hydrogen-bond donors (Lipinski definition) is 1. The van der Waals surface area contributed by atoms with Gasteiger partial charge < -0.3 is 10.6 Å². The van der Waals surface area contributed by atoms with Crippen LogP contribution in [0.1, 0.15) is 34.5 Å². The van der Waals surface area contributed by atoms with E-state index in [-0.39, 0.29) is 17.6 Å². The number of aromatic nitrogens is 2. The van der Waals surface area contributed by atoms with Gasteiger partial charge in [-0.1, -0.05) is 6.07 Å². The maximum Gasteiger partial charge on any atom is 0.416 e. The van der Waals surface area contributed by atoms with Gasteiger partial charge in [0.05, 0.1) is 28.7 Å². The Kier molecular flexibility index (Phi) is 4.55. The summed E-state index contributed by atoms with van der Waals surface area (Å²) >= 11 is 0. The highest BCUT2D eigenvalue weighted by molar-refractivity contribution is 5.95. The molecule has 2 N–H and O–H groups in total. The highest BCUT2D eigenvalue weighted by Gasteiger charge is 2.32. The van der Waals surface area contributed by atoms with Crippen molar-refractivity contribution >= 4 is 5.91 Å². The third-order valence-corrected chi connectivity index (χ3v) is 4.57. The van der Waals surface area contributed by atoms with E-state index >= 15 is 0 Å². The van der Waals surface area contributed by atoms with E-state index in [1.165, 1.54) is 23.0 Å². The topological polar surface area (TPSA) is 64.2 Å². The molecule has 0 radical (unpaired) electrons. The number of rotatable bonds is 3. The summed E-state index contributed by atoms with van der Waals surface area (Å²) in [5, 5.41) is 4.12. The maximum atomic E-state index is 12.9. The molecule has 2 aromatic rings. The first-order valence-corrected chi connectivity index (χ1v) is 8.06. The van der Waals surface area contributed by atoms with Crippen LogP contribution in [-0.4, -0.2) is 39.7 Å². The number of halogens is 3. The van der Waals surface area contributed by atoms with Gasteiger partial charge in [0.15, 0.2) is 0 Å². The average Bonchev–Trinajstić information content (AvgIpc) is 3.20. The Morgan fingerprint density at radius 1 is 1.40 bits per heavy atom. The van der Waals surface area contributed by atoms with Gasteiger partial charge in [-0.05, 0) is 38.0 Å². The number of carbonyl (C=O) groups excluding carboxylic acids is 1. The van der Waals surface area contributed by atoms with Crippen molar-refractivity contribution in [1.29, 1.82) is 0 Å². The molecule has 2 heterocycles. The molecule has 1 unspecified atom stereocenters. The molecule has 1 aromatic carbocycles. The fourth-order valence-corrected chi connectivity index (χ4v) is 3.20. The van der Waals surface area contributed by atoms with Crippen molar-refractivity contribution < 1.29 is 18.0 Å². The van der Waals surface area contributed by atoms with Crippen LogP contribution in [0.4, 0.5) is 13.2 Å². The molecule has 8 heteroatoms. The maximum absolute atomic E-state index is 12.9. The van der Waals surface area contributed by atoms with Crippen molar-refractivity contribution in [3.8, 4) is 5.69 Å². The molecule has 1 amide bonds. The number of nitrogens with zero attached hydrogens (tertiary/aromatic N) is 3. The van der Waals surface area contributed by atoms with Crippen molar-refractivity contribution in [3.05, 3.63) is 47.3 Å². The summed E-state index contributed by atoms with van der Waals surface area (Å²) in [6.07, 6.45) is -1.26. The van der Waals surface area contributed by atoms with Crippen LogP contribution in [0.5, 0.6) is 0 Å². The van der Waals surface area contributed by atoms with E-state index < -0.39 is 11.7 Å². The number of hydrogen-bond acceptors (Lipinski definition) is 3. The largest absolute Gasteiger partial charge is 0.416 e. The zero-order valence-corrected chi connectivity index (χ0v) is 13.8. The second-order valence-electron chi connectivity index (χ2n) is 6.13. The van der Waals surface area contributed by atoms with E-state index in [0.29, 0.717) is 24.3 Å². The van der Waals surface area contributed by atoms with Crippen LogP contribution in [0.3, 0.4) is 0 Å². The van der Waals surface area contributed by atoms with E-state index in [1.54, 1.807) is 11.8 Å². The van der Waals surface area contributed by atoms with Gasteiger partial charge in [-0.25, -0.2) is 4.68 Å². The predicted octanol–water partition coefficient (Wildman–Crippen LogP) is 2.76. The minimum atomic E-state index is -4.43. The lowest BCUT2D eigenvalue weighted by molar-refractivity contribution is -0.137. The van der Waals surface area contributed by atoms with Crippen molar-refractivity contribution in [1.82, 2.24) is 14.7 Å². The molecule has 134 valence electrons. The number of amides is 1. The molecule has 25 heavy (non-hydrogen) atoms. The normalized spacial score (nSPS) is 18.0. The van der Waals surface area contributed by atoms with Crippen LogP contribution < -0.4 is 5.73 Å². The molecule has 1 aliphatic heterocycles. The number of carbonyl (C=O) groups is 1. The van der Waals surface area contributed by atoms with E-state index in [0.717, 1.165) is 25.0 Å². The molecule has 0 aliphatic carbocycles. The van der Waals surface area contributed by atoms with Crippen LogP contribution in [-0.2, 0) is 6.18 Å². The highest BCUT2D eigenvalue weighted by Crippen LogP contribution is 2.30. The first-order chi connectivity index (χ1) is 11.8. The zero-order chi connectivity index (χ0) is 18.2. The summed E-state index contributed by atoms with van der Waals surface area (Å²) in [5.41, 5.74) is 6.12. The number of likely N-dealkylation sites (tertiary alicyclic amines) is 1. The summed E-state index contributed by atoms with van der Waals surface area (Å²) in [5.74, 6) is -0.177. The van der Waals surface area contributed by atoms with Gasteiger partial charge in [-0.3, -0.25) is 4.79 Å². The Hall–Kier alpha value is -2.35. The lowest BCUT2D eigenvalue weighted by atomic mass is 10.1. The fraction of sp³-hybridized carbons (Fsp3) is 0.412. The second-order valence-corrected chi connectivity index (χ2v) is 6.13. The molecule has 0 bridgehead atoms. The number of alkyl halides is 3. The first-order valence-electron chi connectivity index (χ1n) is 8.06. The first kappa shape index (κ1) is 17.5. The van der Waals surface area contributed by atoms with Gasteiger partial charge >= 0.3 is 6.18 Å². The van der Waals surface area contributed by atoms with Crippen molar-refractivity contribution in [2.75, 3.05) is 13.1 Å². The molecule has 5 nitrogen and oxygen atoms in total. The number of nitrogens with two attached hydrogens (primary N) is 1. The van der Waals surface area contributed by atoms with E-state index in [4.69, 9.17) is 5.73 Å². The second kappa shape index (κ2) is 6.51. The van der Waals surface area contributed by atoms with Crippen molar-refractivity contribution in [3.63, 3.8) is 0 Å². The molecule has 1 aliphatic rings. The third-order valence-electron chi connectivity index (χ3n) is 4.57. The Morgan fingerprint density at radius 2 is 2.16 bits per heavy atom. The van der Waals surface area contributed by atoms with Gasteiger partial charge in [0.2, 0.25) is 0 Å². The Morgan fingerprint density at radius 3 is 2.84 bits per heavy atom. The smallest absolute Gasteiger partial charge is 0.334 e. The SMILES string of the molecule is Cc1c(C(=O)N2CCCC2CN)cnn1-c1cccc(C(F)(F)F)c1. The van der Waals surface area contributed by atoms with Crippen LogP contribution >= 0.6 is 0 Å². The minimum absolute atomic E-state index is 0.00353. The molecule has 3 rings (SSSR count). The zero-order valence-electron chi connectivity index (χ0n) is 13.8. The van der Waals surface area contributed by atoms with Crippen LogP contribution in [0.25, 0.3) is 5.69 Å². The van der Waals surface area contributed by atoms with Gasteiger partial charge in [0.1, 0.15) is 0 Å². The van der Waals surface area contributed by atoms with Crippen LogP contribution in [0.2, 0.25) is 0 Å². The summed E-state index contributed by atoms with van der Waals surface area (Å²) in [6, 6.07) is 4.88. The van der Waals surface area contributed by atoms with E-state index in [9.17, 15) is 18.0 Å². The lowest BCUT2D eigenvalue weighted by Gasteiger charge is -2.23. The molecule has 0 saturated carbocycles. The Labute approximate surface area is 143 Å². The fourth-order valence-electron chi connectivity index (χ4n) is 3.20. The monoisotopic (exact) mass is 352 g/mol. The molecular formula is C17H19F3N4O. The van der Waals surface area contributed by atoms with Crippen molar-refractivity contribution in [2.24, 2.45) is 5.73 Å². The molecule has 1 atom stereocenters. The van der Waals surface area contributed by atoms with Crippen LogP contribution in [0.15, 0.2) is 30.5 Å². The van der Waals surface area contributed by atoms with Gasteiger partial charge in [0.25, 0.3) is 5.91 Å². The lowest BCUT2D eigenvalue weighted by Crippen LogP contribution is -2.40. The van der Waals surface area contributed by atoms with Gasteiger partial charge in [-0.2, -0.15) is 18.3 Å². The minimum Gasteiger partial charge on any atom is -0.334 e.